The fraction of sp³-hybridized carbons (Fsp3) is 0.192. The number of sulfonamides is 1. The van der Waals surface area contributed by atoms with Gasteiger partial charge >= 0.3 is 11.9 Å². The number of esters is 1. The molecular weight excluding hydrogens is 540 g/mol. The van der Waals surface area contributed by atoms with Gasteiger partial charge in [-0.3, -0.25) is 4.98 Å². The predicted octanol–water partition coefficient (Wildman–Crippen LogP) is 4.41. The van der Waals surface area contributed by atoms with Gasteiger partial charge in [0.05, 0.1) is 28.9 Å². The van der Waals surface area contributed by atoms with Crippen molar-refractivity contribution in [1.82, 2.24) is 24.4 Å². The molecule has 11 nitrogen and oxygen atoms in total. The Hall–Kier alpha value is -4.20. The van der Waals surface area contributed by atoms with Crippen molar-refractivity contribution in [2.75, 3.05) is 18.5 Å². The first kappa shape index (κ1) is 25.1. The minimum absolute atomic E-state index is 0.124. The molecule has 198 valence electrons. The van der Waals surface area contributed by atoms with Crippen molar-refractivity contribution in [3.63, 3.8) is 0 Å². The molecule has 0 aliphatic carbocycles. The van der Waals surface area contributed by atoms with Crippen LogP contribution < -0.4 is 5.32 Å². The highest BCUT2D eigenvalue weighted by atomic mass is 32.2. The molecule has 1 aromatic carbocycles. The van der Waals surface area contributed by atoms with Crippen molar-refractivity contribution >= 4 is 49.7 Å². The topological polar surface area (TPSA) is 140 Å². The molecule has 0 fully saturated rings. The smallest absolute Gasteiger partial charge is 0.397 e. The minimum Gasteiger partial charge on any atom is -0.459 e. The molecule has 13 heteroatoms. The van der Waals surface area contributed by atoms with E-state index in [-0.39, 0.29) is 29.1 Å². The van der Waals surface area contributed by atoms with E-state index in [0.29, 0.717) is 23.7 Å². The summed E-state index contributed by atoms with van der Waals surface area (Å²) in [6.07, 6.45) is 3.93. The third-order valence-corrected chi connectivity index (χ3v) is 9.63. The normalized spacial score (nSPS) is 13.8. The second-order valence-electron chi connectivity index (χ2n) is 8.69. The standard InChI is InChI=1S/C26H22N6O5S2/c1-2-36-26(33)25-30-24(31-37-25)21-7-8-22(38-21)39(34,35)32-12-10-19-17(15-32)9-11-27-23(19)29-18-13-16-5-3-4-6-20(16)28-14-18/h3-9,11,13-14H,2,10,12,15H2,1H3,(H,27,29). The molecule has 0 spiro atoms. The van der Waals surface area contributed by atoms with E-state index in [4.69, 9.17) is 9.26 Å². The van der Waals surface area contributed by atoms with E-state index in [1.54, 1.807) is 25.4 Å². The van der Waals surface area contributed by atoms with E-state index in [1.807, 2.05) is 36.4 Å². The summed E-state index contributed by atoms with van der Waals surface area (Å²) >= 11 is 1.01. The van der Waals surface area contributed by atoms with Crippen molar-refractivity contribution in [3.8, 4) is 10.7 Å². The van der Waals surface area contributed by atoms with Gasteiger partial charge in [-0.05, 0) is 49.2 Å². The van der Waals surface area contributed by atoms with Crippen molar-refractivity contribution < 1.29 is 22.5 Å². The van der Waals surface area contributed by atoms with Gasteiger partial charge in [-0.25, -0.2) is 18.2 Å². The zero-order chi connectivity index (χ0) is 27.0. The maximum absolute atomic E-state index is 13.5. The third kappa shape index (κ3) is 4.87. The average Bonchev–Trinajstić information content (AvgIpc) is 3.64. The van der Waals surface area contributed by atoms with Crippen molar-refractivity contribution in [1.29, 1.82) is 0 Å². The van der Waals surface area contributed by atoms with Gasteiger partial charge in [0, 0.05) is 30.2 Å². The monoisotopic (exact) mass is 562 g/mol. The fourth-order valence-corrected chi connectivity index (χ4v) is 7.16. The number of nitrogens with one attached hydrogen (secondary N) is 1. The van der Waals surface area contributed by atoms with Crippen LogP contribution in [-0.2, 0) is 27.7 Å². The molecule has 0 unspecified atom stereocenters. The number of hydrogen-bond acceptors (Lipinski definition) is 11. The Morgan fingerprint density at radius 2 is 2.05 bits per heavy atom. The summed E-state index contributed by atoms with van der Waals surface area (Å²) in [7, 11) is -3.78. The van der Waals surface area contributed by atoms with Crippen LogP contribution in [0.5, 0.6) is 0 Å². The molecule has 5 aromatic rings. The zero-order valence-electron chi connectivity index (χ0n) is 20.7. The summed E-state index contributed by atoms with van der Waals surface area (Å²) in [6, 6.07) is 14.8. The molecule has 1 aliphatic heterocycles. The SMILES string of the molecule is CCOC(=O)c1nc(-c2ccc(S(=O)(=O)N3CCc4c(ccnc4Nc4cnc5ccccc5c4)C3)s2)no1. The maximum Gasteiger partial charge on any atom is 0.397 e. The highest BCUT2D eigenvalue weighted by molar-refractivity contribution is 7.91. The Bertz CT molecular complexity index is 1800. The lowest BCUT2D eigenvalue weighted by Crippen LogP contribution is -2.36. The number of pyridine rings is 2. The number of thiophene rings is 1. The number of anilines is 2. The molecule has 0 radical (unpaired) electrons. The average molecular weight is 563 g/mol. The second kappa shape index (κ2) is 10.2. The summed E-state index contributed by atoms with van der Waals surface area (Å²) in [4.78, 5) is 25.3. The number of rotatable bonds is 7. The fourth-order valence-electron chi connectivity index (χ4n) is 4.36. The van der Waals surface area contributed by atoms with Gasteiger partial charge < -0.3 is 14.6 Å². The number of carbonyl (C=O) groups excluding carboxylic acids is 1. The Labute approximate surface area is 227 Å². The van der Waals surface area contributed by atoms with Crippen molar-refractivity contribution in [2.24, 2.45) is 0 Å². The Kier molecular flexibility index (Phi) is 6.54. The number of fused-ring (bicyclic) bond motifs is 2. The van der Waals surface area contributed by atoms with Crippen LogP contribution in [0.4, 0.5) is 11.5 Å². The van der Waals surface area contributed by atoms with Gasteiger partial charge in [-0.15, -0.1) is 11.3 Å². The molecule has 0 saturated heterocycles. The largest absolute Gasteiger partial charge is 0.459 e. The summed E-state index contributed by atoms with van der Waals surface area (Å²) in [5.41, 5.74) is 3.57. The molecule has 39 heavy (non-hydrogen) atoms. The van der Waals surface area contributed by atoms with Crippen LogP contribution in [0, 0.1) is 0 Å². The van der Waals surface area contributed by atoms with Crippen LogP contribution in [0.25, 0.3) is 21.6 Å². The summed E-state index contributed by atoms with van der Waals surface area (Å²) in [5.74, 6) is -0.198. The lowest BCUT2D eigenvalue weighted by molar-refractivity contribution is 0.0470. The summed E-state index contributed by atoms with van der Waals surface area (Å²) in [6.45, 7) is 2.35. The van der Waals surface area contributed by atoms with E-state index in [2.05, 4.69) is 25.4 Å². The zero-order valence-corrected chi connectivity index (χ0v) is 22.3. The van der Waals surface area contributed by atoms with Gasteiger partial charge in [0.25, 0.3) is 10.0 Å². The molecule has 1 aliphatic rings. The number of ether oxygens (including phenoxy) is 1. The molecule has 0 saturated carbocycles. The second-order valence-corrected chi connectivity index (χ2v) is 11.9. The van der Waals surface area contributed by atoms with E-state index >= 15 is 0 Å². The number of benzene rings is 1. The molecule has 5 heterocycles. The molecule has 0 amide bonds. The molecule has 0 bridgehead atoms. The van der Waals surface area contributed by atoms with Crippen LogP contribution in [0.2, 0.25) is 0 Å². The highest BCUT2D eigenvalue weighted by Gasteiger charge is 2.31. The van der Waals surface area contributed by atoms with E-state index in [1.165, 1.54) is 10.4 Å². The first-order valence-corrected chi connectivity index (χ1v) is 14.4. The van der Waals surface area contributed by atoms with Crippen LogP contribution in [0.15, 0.2) is 69.7 Å². The number of para-hydroxylation sites is 1. The highest BCUT2D eigenvalue weighted by Crippen LogP contribution is 2.34. The summed E-state index contributed by atoms with van der Waals surface area (Å²) < 4.78 is 38.4. The molecular formula is C26H22N6O5S2. The first-order chi connectivity index (χ1) is 18.9. The number of nitrogens with zero attached hydrogens (tertiary/aromatic N) is 5. The predicted molar refractivity (Wildman–Crippen MR) is 144 cm³/mol. The Balaban J connectivity index is 1.21. The van der Waals surface area contributed by atoms with Crippen molar-refractivity contribution in [2.45, 2.75) is 24.1 Å². The quantitative estimate of drug-likeness (QED) is 0.284. The van der Waals surface area contributed by atoms with E-state index in [0.717, 1.165) is 39.1 Å². The van der Waals surface area contributed by atoms with E-state index in [9.17, 15) is 13.2 Å². The van der Waals surface area contributed by atoms with Gasteiger partial charge in [-0.1, -0.05) is 23.4 Å². The van der Waals surface area contributed by atoms with Crippen LogP contribution in [0.3, 0.4) is 0 Å². The first-order valence-electron chi connectivity index (χ1n) is 12.1. The number of hydrogen-bond donors (Lipinski definition) is 1. The van der Waals surface area contributed by atoms with E-state index < -0.39 is 16.0 Å². The number of aromatic nitrogens is 4. The lowest BCUT2D eigenvalue weighted by atomic mass is 10.0. The van der Waals surface area contributed by atoms with Gasteiger partial charge in [-0.2, -0.15) is 9.29 Å². The molecule has 6 rings (SSSR count). The lowest BCUT2D eigenvalue weighted by Gasteiger charge is -2.28. The van der Waals surface area contributed by atoms with Crippen LogP contribution in [-0.4, -0.2) is 52.0 Å². The maximum atomic E-state index is 13.5. The van der Waals surface area contributed by atoms with Crippen molar-refractivity contribution in [3.05, 3.63) is 77.9 Å². The van der Waals surface area contributed by atoms with Gasteiger partial charge in [0.2, 0.25) is 5.82 Å². The third-order valence-electron chi connectivity index (χ3n) is 6.24. The van der Waals surface area contributed by atoms with Gasteiger partial charge in [0.15, 0.2) is 0 Å². The molecule has 0 atom stereocenters. The van der Waals surface area contributed by atoms with Gasteiger partial charge in [0.1, 0.15) is 10.0 Å². The van der Waals surface area contributed by atoms with Crippen LogP contribution >= 0.6 is 11.3 Å². The number of carbonyl (C=O) groups is 1. The Morgan fingerprint density at radius 3 is 2.92 bits per heavy atom. The molecule has 4 aromatic heterocycles. The molecule has 1 N–H and O–H groups in total. The Morgan fingerprint density at radius 1 is 1.18 bits per heavy atom. The van der Waals surface area contributed by atoms with Crippen LogP contribution in [0.1, 0.15) is 28.7 Å². The summed E-state index contributed by atoms with van der Waals surface area (Å²) in [5, 5.41) is 8.15. The minimum atomic E-state index is -3.78.